The fourth-order valence-electron chi connectivity index (χ4n) is 0.330. The molecule has 0 saturated carbocycles. The Hall–Kier alpha value is -0.570. The summed E-state index contributed by atoms with van der Waals surface area (Å²) in [6.07, 6.45) is -5.09. The smallest absolute Gasteiger partial charge is 0.303 e. The van der Waals surface area contributed by atoms with Gasteiger partial charge in [0, 0.05) is 11.9 Å². The highest BCUT2D eigenvalue weighted by molar-refractivity contribution is 5.66. The molecule has 0 heterocycles. The van der Waals surface area contributed by atoms with Gasteiger partial charge in [-0.3, -0.25) is 4.79 Å². The summed E-state index contributed by atoms with van der Waals surface area (Å²) in [6.45, 7) is -0.313. The number of carboxylic acids is 1. The van der Waals surface area contributed by atoms with Gasteiger partial charge in [-0.15, -0.1) is 0 Å². The molecule has 0 amide bonds. The first-order valence-electron chi connectivity index (χ1n) is 4.60. The monoisotopic (exact) mass is 135 g/mol. The second-order valence-electron chi connectivity index (χ2n) is 1.45. The summed E-state index contributed by atoms with van der Waals surface area (Å²) < 4.78 is 28.8. The van der Waals surface area contributed by atoms with Gasteiger partial charge in [0.1, 0.15) is 0 Å². The molecular formula is C6H13NO2. The van der Waals surface area contributed by atoms with E-state index in [9.17, 15) is 4.79 Å². The fourth-order valence-corrected chi connectivity index (χ4v) is 0.330. The predicted molar refractivity (Wildman–Crippen MR) is 35.2 cm³/mol. The zero-order valence-electron chi connectivity index (χ0n) is 9.05. The first kappa shape index (κ1) is 3.56. The first-order chi connectivity index (χ1) is 5.68. The van der Waals surface area contributed by atoms with Crippen LogP contribution in [0.2, 0.25) is 0 Å². The van der Waals surface area contributed by atoms with Gasteiger partial charge in [0.15, 0.2) is 0 Å². The minimum atomic E-state index is -2.05. The molecule has 3 N–H and O–H groups in total. The highest BCUT2D eigenvalue weighted by Gasteiger charge is 1.94. The third-order valence-electron chi connectivity index (χ3n) is 0.671. The van der Waals surface area contributed by atoms with Crippen molar-refractivity contribution in [3.8, 4) is 0 Å². The summed E-state index contributed by atoms with van der Waals surface area (Å²) in [7, 11) is 0. The van der Waals surface area contributed by atoms with E-state index in [-0.39, 0.29) is 6.54 Å². The molecule has 0 radical (unpaired) electrons. The van der Waals surface area contributed by atoms with Crippen molar-refractivity contribution in [2.45, 2.75) is 25.6 Å². The molecule has 0 bridgehead atoms. The van der Waals surface area contributed by atoms with Crippen LogP contribution in [0.5, 0.6) is 0 Å². The van der Waals surface area contributed by atoms with Crippen LogP contribution in [0.15, 0.2) is 0 Å². The van der Waals surface area contributed by atoms with Crippen LogP contribution >= 0.6 is 0 Å². The minimum Gasteiger partial charge on any atom is -0.481 e. The maximum Gasteiger partial charge on any atom is 0.303 e. The van der Waals surface area contributed by atoms with Gasteiger partial charge in [0.05, 0.1) is 0 Å². The molecule has 0 aliphatic carbocycles. The van der Waals surface area contributed by atoms with Crippen LogP contribution in [0.1, 0.15) is 31.1 Å². The lowest BCUT2D eigenvalue weighted by atomic mass is 10.2. The lowest BCUT2D eigenvalue weighted by Crippen LogP contribution is -1.99. The highest BCUT2D eigenvalue weighted by Crippen LogP contribution is 1.97. The van der Waals surface area contributed by atoms with E-state index < -0.39 is 31.6 Å². The van der Waals surface area contributed by atoms with Crippen molar-refractivity contribution in [3.63, 3.8) is 0 Å². The van der Waals surface area contributed by atoms with Gasteiger partial charge < -0.3 is 10.8 Å². The number of carbonyl (C=O) groups is 1. The quantitative estimate of drug-likeness (QED) is 0.580. The van der Waals surface area contributed by atoms with Crippen molar-refractivity contribution in [1.82, 2.24) is 0 Å². The Kier molecular flexibility index (Phi) is 2.20. The van der Waals surface area contributed by atoms with Gasteiger partial charge in [0.25, 0.3) is 0 Å². The predicted octanol–water partition coefficient (Wildman–Crippen LogP) is 0.590. The molecule has 54 valence electrons. The normalized spacial score (nSPS) is 19.2. The standard InChI is InChI=1S/C6H13NO2/c7-5-3-1-2-4-6(8)9/h1-5,7H2,(H,8,9)/i2D2,3D2. The first-order valence-corrected chi connectivity index (χ1v) is 2.60. The molecule has 3 nitrogen and oxygen atoms in total. The SMILES string of the molecule is [2H]C([2H])(CN)CC([2H])([2H])CC(=O)O. The number of carboxylic acid groups (broad SMARTS) is 1. The minimum absolute atomic E-state index is 0.313. The van der Waals surface area contributed by atoms with E-state index in [0.717, 1.165) is 0 Å². The Labute approximate surface area is 60.5 Å². The Morgan fingerprint density at radius 1 is 1.67 bits per heavy atom. The molecule has 9 heavy (non-hydrogen) atoms. The van der Waals surface area contributed by atoms with Crippen LogP contribution in [0.25, 0.3) is 0 Å². The summed E-state index contributed by atoms with van der Waals surface area (Å²) in [4.78, 5) is 10.2. The van der Waals surface area contributed by atoms with Crippen LogP contribution in [-0.4, -0.2) is 17.6 Å². The van der Waals surface area contributed by atoms with Crippen molar-refractivity contribution in [2.24, 2.45) is 5.73 Å². The number of hydrogen-bond donors (Lipinski definition) is 2. The fraction of sp³-hybridized carbons (Fsp3) is 0.833. The number of hydrogen-bond acceptors (Lipinski definition) is 2. The molecule has 0 fully saturated rings. The average molecular weight is 135 g/mol. The highest BCUT2D eigenvalue weighted by atomic mass is 16.4. The van der Waals surface area contributed by atoms with Gasteiger partial charge in [0.2, 0.25) is 0 Å². The van der Waals surface area contributed by atoms with Crippen LogP contribution in [0, 0.1) is 0 Å². The molecule has 0 aliphatic heterocycles. The van der Waals surface area contributed by atoms with E-state index in [1.54, 1.807) is 0 Å². The lowest BCUT2D eigenvalue weighted by Gasteiger charge is -1.93. The molecule has 0 spiro atoms. The van der Waals surface area contributed by atoms with Crippen molar-refractivity contribution < 1.29 is 15.4 Å². The second-order valence-corrected chi connectivity index (χ2v) is 1.45. The van der Waals surface area contributed by atoms with E-state index in [0.29, 0.717) is 0 Å². The molecule has 0 unspecified atom stereocenters. The van der Waals surface area contributed by atoms with Gasteiger partial charge in [-0.05, 0) is 19.3 Å². The van der Waals surface area contributed by atoms with Gasteiger partial charge in [-0.25, -0.2) is 0 Å². The van der Waals surface area contributed by atoms with Crippen molar-refractivity contribution >= 4 is 5.97 Å². The molecule has 0 atom stereocenters. The van der Waals surface area contributed by atoms with Crippen LogP contribution < -0.4 is 5.73 Å². The molecule has 0 aliphatic rings. The molecule has 3 heteroatoms. The zero-order chi connectivity index (χ0) is 10.7. The van der Waals surface area contributed by atoms with Crippen LogP contribution in [0.4, 0.5) is 0 Å². The number of aliphatic carboxylic acids is 1. The molecule has 0 aromatic carbocycles. The van der Waals surface area contributed by atoms with Gasteiger partial charge in [-0.2, -0.15) is 0 Å². The Balaban J connectivity index is 4.24. The third-order valence-corrected chi connectivity index (χ3v) is 0.671. The van der Waals surface area contributed by atoms with Gasteiger partial charge >= 0.3 is 5.97 Å². The average Bonchev–Trinajstić information content (AvgIpc) is 1.81. The van der Waals surface area contributed by atoms with Gasteiger partial charge in [-0.1, -0.05) is 6.42 Å². The lowest BCUT2D eigenvalue weighted by molar-refractivity contribution is -0.137. The third kappa shape index (κ3) is 7.43. The van der Waals surface area contributed by atoms with E-state index in [1.165, 1.54) is 0 Å². The summed E-state index contributed by atoms with van der Waals surface area (Å²) in [6, 6.07) is 0. The molecule has 0 rings (SSSR count). The zero-order valence-corrected chi connectivity index (χ0v) is 5.05. The molecular weight excluding hydrogens is 118 g/mol. The summed E-state index contributed by atoms with van der Waals surface area (Å²) >= 11 is 0. The van der Waals surface area contributed by atoms with E-state index in [4.69, 9.17) is 16.3 Å². The Morgan fingerprint density at radius 2 is 2.33 bits per heavy atom. The summed E-state index contributed by atoms with van der Waals surface area (Å²) in [5, 5.41) is 8.32. The maximum absolute atomic E-state index is 10.2. The Morgan fingerprint density at radius 3 is 2.78 bits per heavy atom. The van der Waals surface area contributed by atoms with Crippen molar-refractivity contribution in [1.29, 1.82) is 0 Å². The van der Waals surface area contributed by atoms with Crippen molar-refractivity contribution in [2.75, 3.05) is 6.54 Å². The number of rotatable bonds is 5. The van der Waals surface area contributed by atoms with E-state index >= 15 is 0 Å². The second kappa shape index (κ2) is 5.56. The van der Waals surface area contributed by atoms with Crippen LogP contribution in [0.3, 0.4) is 0 Å². The summed E-state index contributed by atoms with van der Waals surface area (Å²) in [5.41, 5.74) is 5.06. The molecule has 0 aromatic heterocycles. The van der Waals surface area contributed by atoms with Crippen LogP contribution in [-0.2, 0) is 4.79 Å². The largest absolute Gasteiger partial charge is 0.481 e. The Bertz CT molecular complexity index is 195. The number of nitrogens with two attached hydrogens (primary N) is 1. The van der Waals surface area contributed by atoms with E-state index in [2.05, 4.69) is 0 Å². The maximum atomic E-state index is 10.2. The topological polar surface area (TPSA) is 63.3 Å². The van der Waals surface area contributed by atoms with Crippen molar-refractivity contribution in [3.05, 3.63) is 0 Å². The van der Waals surface area contributed by atoms with E-state index in [1.807, 2.05) is 0 Å². The molecule has 0 saturated heterocycles. The summed E-state index contributed by atoms with van der Waals surface area (Å²) in [5.74, 6) is -1.28. The molecule has 0 aromatic rings.